The summed E-state index contributed by atoms with van der Waals surface area (Å²) < 4.78 is 1.71. The van der Waals surface area contributed by atoms with Crippen LogP contribution in [0.3, 0.4) is 0 Å². The van der Waals surface area contributed by atoms with Crippen LogP contribution in [-0.2, 0) is 7.05 Å². The highest BCUT2D eigenvalue weighted by Gasteiger charge is 2.16. The molecule has 0 saturated carbocycles. The summed E-state index contributed by atoms with van der Waals surface area (Å²) in [5, 5.41) is 7.43. The number of carbonyl (C=O) groups is 1. The Morgan fingerprint density at radius 3 is 2.68 bits per heavy atom. The normalized spacial score (nSPS) is 10.5. The first-order chi connectivity index (χ1) is 8.90. The second kappa shape index (κ2) is 4.93. The smallest absolute Gasteiger partial charge is 0.257 e. The van der Waals surface area contributed by atoms with Gasteiger partial charge in [-0.2, -0.15) is 5.10 Å². The molecule has 0 aliphatic carbocycles. The fraction of sp³-hybridized carbons (Fsp3) is 0.231. The van der Waals surface area contributed by atoms with E-state index < -0.39 is 0 Å². The lowest BCUT2D eigenvalue weighted by atomic mass is 10.2. The number of nitrogen functional groups attached to an aromatic ring is 1. The number of halogens is 1. The second-order valence-electron chi connectivity index (χ2n) is 4.36. The molecular formula is C13H15ClN4O. The van der Waals surface area contributed by atoms with Gasteiger partial charge in [-0.05, 0) is 32.0 Å². The van der Waals surface area contributed by atoms with Gasteiger partial charge in [0.25, 0.3) is 5.91 Å². The zero-order valence-electron chi connectivity index (χ0n) is 11.0. The summed E-state index contributed by atoms with van der Waals surface area (Å²) >= 11 is 6.00. The lowest BCUT2D eigenvalue weighted by Crippen LogP contribution is -2.14. The molecule has 0 aliphatic heterocycles. The van der Waals surface area contributed by atoms with E-state index in [1.165, 1.54) is 0 Å². The lowest BCUT2D eigenvalue weighted by Gasteiger charge is -2.08. The summed E-state index contributed by atoms with van der Waals surface area (Å²) in [4.78, 5) is 12.2. The Kier molecular flexibility index (Phi) is 3.48. The third kappa shape index (κ3) is 2.56. The first-order valence-corrected chi connectivity index (χ1v) is 6.14. The maximum atomic E-state index is 12.2. The van der Waals surface area contributed by atoms with E-state index >= 15 is 0 Å². The molecule has 0 aliphatic rings. The molecule has 2 aromatic rings. The molecule has 0 spiro atoms. The van der Waals surface area contributed by atoms with Gasteiger partial charge in [-0.25, -0.2) is 0 Å². The highest BCUT2D eigenvalue weighted by atomic mass is 35.5. The molecule has 0 unspecified atom stereocenters. The van der Waals surface area contributed by atoms with E-state index in [0.717, 1.165) is 11.4 Å². The first-order valence-electron chi connectivity index (χ1n) is 5.76. The molecule has 0 saturated heterocycles. The molecule has 1 aromatic heterocycles. The van der Waals surface area contributed by atoms with E-state index in [4.69, 9.17) is 17.3 Å². The third-order valence-corrected chi connectivity index (χ3v) is 3.31. The average Bonchev–Trinajstić information content (AvgIpc) is 2.59. The summed E-state index contributed by atoms with van der Waals surface area (Å²) in [6, 6.07) is 4.81. The molecule has 1 heterocycles. The minimum atomic E-state index is -0.295. The average molecular weight is 279 g/mol. The summed E-state index contributed by atoms with van der Waals surface area (Å²) in [5.74, 6) is -0.295. The molecule has 1 aromatic carbocycles. The third-order valence-electron chi connectivity index (χ3n) is 2.98. The van der Waals surface area contributed by atoms with E-state index in [1.54, 1.807) is 22.9 Å². The van der Waals surface area contributed by atoms with Gasteiger partial charge in [0.05, 0.1) is 27.7 Å². The Hall–Kier alpha value is -2.01. The Morgan fingerprint density at radius 1 is 1.42 bits per heavy atom. The van der Waals surface area contributed by atoms with Crippen LogP contribution in [-0.4, -0.2) is 15.7 Å². The van der Waals surface area contributed by atoms with Gasteiger partial charge in [0, 0.05) is 12.7 Å². The molecule has 0 atom stereocenters. The van der Waals surface area contributed by atoms with E-state index in [-0.39, 0.29) is 5.91 Å². The predicted molar refractivity (Wildman–Crippen MR) is 76.5 cm³/mol. The number of nitrogens with one attached hydrogen (secondary N) is 1. The molecule has 5 nitrogen and oxygen atoms in total. The van der Waals surface area contributed by atoms with Crippen LogP contribution in [0.25, 0.3) is 0 Å². The number of rotatable bonds is 2. The van der Waals surface area contributed by atoms with Gasteiger partial charge in [0.1, 0.15) is 0 Å². The van der Waals surface area contributed by atoms with Gasteiger partial charge in [0.2, 0.25) is 0 Å². The summed E-state index contributed by atoms with van der Waals surface area (Å²) in [6.45, 7) is 3.72. The number of nitrogens with two attached hydrogens (primary N) is 1. The largest absolute Gasteiger partial charge is 0.399 e. The van der Waals surface area contributed by atoms with E-state index in [2.05, 4.69) is 10.4 Å². The van der Waals surface area contributed by atoms with Crippen molar-refractivity contribution in [3.05, 3.63) is 40.2 Å². The van der Waals surface area contributed by atoms with Crippen molar-refractivity contribution < 1.29 is 4.79 Å². The van der Waals surface area contributed by atoms with Crippen LogP contribution < -0.4 is 11.1 Å². The molecule has 0 fully saturated rings. The predicted octanol–water partition coefficient (Wildman–Crippen LogP) is 2.52. The van der Waals surface area contributed by atoms with Gasteiger partial charge in [-0.1, -0.05) is 11.6 Å². The molecule has 1 amide bonds. The van der Waals surface area contributed by atoms with Crippen molar-refractivity contribution in [1.82, 2.24) is 9.78 Å². The number of aryl methyl sites for hydroxylation is 2. The Morgan fingerprint density at radius 2 is 2.11 bits per heavy atom. The van der Waals surface area contributed by atoms with Crippen molar-refractivity contribution in [2.45, 2.75) is 13.8 Å². The van der Waals surface area contributed by atoms with Crippen LogP contribution in [0.2, 0.25) is 5.02 Å². The first kappa shape index (κ1) is 13.4. The molecule has 6 heteroatoms. The Labute approximate surface area is 116 Å². The Bertz CT molecular complexity index is 648. The molecule has 100 valence electrons. The number of hydrogen-bond donors (Lipinski definition) is 2. The standard InChI is InChI=1S/C13H15ClN4O/c1-7-12(8(2)18(3)17-7)16-13(19)10-6-9(15)4-5-11(10)14/h4-6H,15H2,1-3H3,(H,16,19). The van der Waals surface area contributed by atoms with Crippen LogP contribution >= 0.6 is 11.6 Å². The second-order valence-corrected chi connectivity index (χ2v) is 4.77. The van der Waals surface area contributed by atoms with Crippen LogP contribution in [0.5, 0.6) is 0 Å². The highest BCUT2D eigenvalue weighted by molar-refractivity contribution is 6.34. The molecule has 0 radical (unpaired) electrons. The lowest BCUT2D eigenvalue weighted by molar-refractivity contribution is 0.102. The van der Waals surface area contributed by atoms with Crippen LogP contribution in [0.4, 0.5) is 11.4 Å². The molecule has 2 rings (SSSR count). The van der Waals surface area contributed by atoms with E-state index in [0.29, 0.717) is 22.0 Å². The number of nitrogens with zero attached hydrogens (tertiary/aromatic N) is 2. The van der Waals surface area contributed by atoms with Gasteiger partial charge in [-0.3, -0.25) is 9.48 Å². The van der Waals surface area contributed by atoms with Crippen molar-refractivity contribution in [3.63, 3.8) is 0 Å². The van der Waals surface area contributed by atoms with Gasteiger partial charge >= 0.3 is 0 Å². The van der Waals surface area contributed by atoms with Crippen molar-refractivity contribution in [1.29, 1.82) is 0 Å². The topological polar surface area (TPSA) is 72.9 Å². The van der Waals surface area contributed by atoms with Gasteiger partial charge in [0.15, 0.2) is 0 Å². The number of anilines is 2. The van der Waals surface area contributed by atoms with Crippen molar-refractivity contribution in [2.24, 2.45) is 7.05 Å². The quantitative estimate of drug-likeness (QED) is 0.829. The highest BCUT2D eigenvalue weighted by Crippen LogP contribution is 2.23. The number of aromatic nitrogens is 2. The van der Waals surface area contributed by atoms with Crippen molar-refractivity contribution >= 4 is 28.9 Å². The number of benzene rings is 1. The fourth-order valence-electron chi connectivity index (χ4n) is 1.85. The minimum Gasteiger partial charge on any atom is -0.399 e. The van der Waals surface area contributed by atoms with Crippen LogP contribution in [0.15, 0.2) is 18.2 Å². The monoisotopic (exact) mass is 278 g/mol. The summed E-state index contributed by atoms with van der Waals surface area (Å²) in [6.07, 6.45) is 0. The zero-order valence-corrected chi connectivity index (χ0v) is 11.7. The zero-order chi connectivity index (χ0) is 14.2. The summed E-state index contributed by atoms with van der Waals surface area (Å²) in [5.41, 5.74) is 8.85. The summed E-state index contributed by atoms with van der Waals surface area (Å²) in [7, 11) is 1.82. The van der Waals surface area contributed by atoms with Crippen molar-refractivity contribution in [3.8, 4) is 0 Å². The molecular weight excluding hydrogens is 264 g/mol. The number of carbonyl (C=O) groups excluding carboxylic acids is 1. The molecule has 19 heavy (non-hydrogen) atoms. The number of hydrogen-bond acceptors (Lipinski definition) is 3. The van der Waals surface area contributed by atoms with E-state index in [1.807, 2.05) is 20.9 Å². The Balaban J connectivity index is 2.33. The van der Waals surface area contributed by atoms with E-state index in [9.17, 15) is 4.79 Å². The molecule has 3 N–H and O–H groups in total. The van der Waals surface area contributed by atoms with Gasteiger partial charge in [-0.15, -0.1) is 0 Å². The minimum absolute atomic E-state index is 0.295. The number of amides is 1. The maximum Gasteiger partial charge on any atom is 0.257 e. The molecule has 0 bridgehead atoms. The van der Waals surface area contributed by atoms with Gasteiger partial charge < -0.3 is 11.1 Å². The fourth-order valence-corrected chi connectivity index (χ4v) is 2.06. The SMILES string of the molecule is Cc1nn(C)c(C)c1NC(=O)c1cc(N)ccc1Cl. The van der Waals surface area contributed by atoms with Crippen molar-refractivity contribution in [2.75, 3.05) is 11.1 Å². The maximum absolute atomic E-state index is 12.2. The van der Waals surface area contributed by atoms with Crippen LogP contribution in [0, 0.1) is 13.8 Å². The van der Waals surface area contributed by atoms with Crippen LogP contribution in [0.1, 0.15) is 21.7 Å².